The molecular formula is C29H24Cl3F2N5O4S. The number of anilines is 1. The van der Waals surface area contributed by atoms with E-state index >= 15 is 0 Å². The van der Waals surface area contributed by atoms with Gasteiger partial charge in [0.1, 0.15) is 17.0 Å². The highest BCUT2D eigenvalue weighted by molar-refractivity contribution is 7.99. The molecule has 0 aliphatic carbocycles. The third-order valence-corrected chi connectivity index (χ3v) is 9.73. The number of pyridine rings is 1. The molecule has 0 radical (unpaired) electrons. The van der Waals surface area contributed by atoms with Crippen LogP contribution in [0.25, 0.3) is 0 Å². The fourth-order valence-electron chi connectivity index (χ4n) is 5.39. The number of hydrogen-bond donors (Lipinski definition) is 2. The van der Waals surface area contributed by atoms with Crippen LogP contribution in [0.2, 0.25) is 10.0 Å². The van der Waals surface area contributed by atoms with Crippen molar-refractivity contribution in [3.63, 3.8) is 0 Å². The van der Waals surface area contributed by atoms with Crippen molar-refractivity contribution in [2.45, 2.75) is 47.5 Å². The number of nitrogens with one attached hydrogen (secondary N) is 1. The molecule has 2 aromatic carbocycles. The summed E-state index contributed by atoms with van der Waals surface area (Å²) in [5.74, 6) is -1.06. The van der Waals surface area contributed by atoms with E-state index in [1.54, 1.807) is 17.0 Å². The quantitative estimate of drug-likeness (QED) is 0.257. The average Bonchev–Trinajstić information content (AvgIpc) is 3.31. The lowest BCUT2D eigenvalue weighted by Crippen LogP contribution is -2.49. The number of phenolic OH excluding ortho intramolecular Hbond substituents is 1. The number of fused-ring (bicyclic) bond motifs is 1. The Morgan fingerprint density at radius 1 is 1.20 bits per heavy atom. The van der Waals surface area contributed by atoms with Crippen LogP contribution in [0.5, 0.6) is 5.75 Å². The number of benzene rings is 2. The molecule has 230 valence electrons. The van der Waals surface area contributed by atoms with Gasteiger partial charge in [-0.2, -0.15) is 14.0 Å². The first-order valence-electron chi connectivity index (χ1n) is 13.4. The second-order valence-corrected chi connectivity index (χ2v) is 12.5. The van der Waals surface area contributed by atoms with Gasteiger partial charge >= 0.3 is 11.4 Å². The SMILES string of the molecule is CCN1CCCN(c2cc3c(cc2O)[C@@H](CC#N)N(C(=O)c2c(Sc4c(Cl)cccc4Cl)cc(C(F)(F)Cl)[nH]c2=O)C3)C1=O. The van der Waals surface area contributed by atoms with Crippen molar-refractivity contribution in [2.24, 2.45) is 0 Å². The van der Waals surface area contributed by atoms with Crippen molar-refractivity contribution in [3.8, 4) is 11.8 Å². The number of aromatic amines is 1. The molecule has 5 rings (SSSR count). The normalized spacial score (nSPS) is 16.7. The Hall–Kier alpha value is -3.50. The minimum Gasteiger partial charge on any atom is -0.506 e. The molecule has 0 unspecified atom stereocenters. The lowest BCUT2D eigenvalue weighted by molar-refractivity contribution is 0.0684. The number of nitrogens with zero attached hydrogens (tertiary/aromatic N) is 4. The third kappa shape index (κ3) is 5.94. The average molecular weight is 683 g/mol. The summed E-state index contributed by atoms with van der Waals surface area (Å²) in [6.07, 6.45) is 0.492. The number of urea groups is 1. The van der Waals surface area contributed by atoms with Crippen molar-refractivity contribution < 1.29 is 23.5 Å². The number of phenols is 1. The molecule has 15 heteroatoms. The second-order valence-electron chi connectivity index (χ2n) is 10.1. The number of alkyl halides is 3. The molecule has 3 heterocycles. The maximum atomic E-state index is 14.1. The van der Waals surface area contributed by atoms with Crippen LogP contribution < -0.4 is 10.5 Å². The Balaban J connectivity index is 1.58. The Morgan fingerprint density at radius 2 is 1.91 bits per heavy atom. The van der Waals surface area contributed by atoms with E-state index in [1.165, 1.54) is 28.0 Å². The molecule has 0 bridgehead atoms. The molecule has 2 aliphatic rings. The summed E-state index contributed by atoms with van der Waals surface area (Å²) < 4.78 is 28.3. The largest absolute Gasteiger partial charge is 0.506 e. The molecule has 0 saturated carbocycles. The summed E-state index contributed by atoms with van der Waals surface area (Å²) in [6.45, 7) is 3.24. The van der Waals surface area contributed by atoms with Crippen molar-refractivity contribution in [2.75, 3.05) is 24.5 Å². The van der Waals surface area contributed by atoms with Gasteiger partial charge in [-0.25, -0.2) is 4.79 Å². The van der Waals surface area contributed by atoms with Crippen molar-refractivity contribution in [1.82, 2.24) is 14.8 Å². The van der Waals surface area contributed by atoms with Crippen LogP contribution in [0, 0.1) is 11.3 Å². The Morgan fingerprint density at radius 3 is 2.55 bits per heavy atom. The number of rotatable bonds is 7. The highest BCUT2D eigenvalue weighted by Crippen LogP contribution is 2.45. The van der Waals surface area contributed by atoms with E-state index in [4.69, 9.17) is 34.8 Å². The molecule has 3 aromatic rings. The summed E-state index contributed by atoms with van der Waals surface area (Å²) in [6, 6.07) is 9.37. The molecule has 0 spiro atoms. The van der Waals surface area contributed by atoms with Crippen molar-refractivity contribution in [3.05, 3.63) is 79.2 Å². The highest BCUT2D eigenvalue weighted by Gasteiger charge is 2.39. The van der Waals surface area contributed by atoms with Gasteiger partial charge in [-0.1, -0.05) is 41.0 Å². The zero-order valence-corrected chi connectivity index (χ0v) is 26.1. The van der Waals surface area contributed by atoms with E-state index in [-0.39, 0.29) is 50.3 Å². The van der Waals surface area contributed by atoms with Crippen LogP contribution >= 0.6 is 46.6 Å². The standard InChI is InChI=1S/C29H24Cl3F2N5O4S/c1-2-37-9-4-10-38(28(37)43)20-11-15-14-39(19(7-8-35)16(15)12-21(20)40)27(42)24-22(13-23(29(32,33)34)36-26(24)41)44-25-17(30)5-3-6-18(25)31/h3,5-6,11-13,19,40H,2,4,7,9-10,14H2,1H3,(H,36,41)/t19-/m1/s1. The molecule has 2 N–H and O–H groups in total. The van der Waals surface area contributed by atoms with Crippen LogP contribution in [0.3, 0.4) is 0 Å². The summed E-state index contributed by atoms with van der Waals surface area (Å²) in [5.41, 5.74) is -1.29. The van der Waals surface area contributed by atoms with Gasteiger partial charge < -0.3 is 19.9 Å². The maximum Gasteiger partial charge on any atom is 0.362 e. The minimum atomic E-state index is -3.96. The van der Waals surface area contributed by atoms with Crippen LogP contribution in [0.15, 0.2) is 51.0 Å². The smallest absolute Gasteiger partial charge is 0.362 e. The first kappa shape index (κ1) is 31.9. The Labute approximate surface area is 269 Å². The molecular weight excluding hydrogens is 659 g/mol. The minimum absolute atomic E-state index is 0.0862. The predicted octanol–water partition coefficient (Wildman–Crippen LogP) is 7.09. The fraction of sp³-hybridized carbons (Fsp3) is 0.310. The molecule has 1 atom stereocenters. The van der Waals surface area contributed by atoms with E-state index in [0.29, 0.717) is 37.2 Å². The number of carbonyl (C=O) groups is 2. The number of aromatic hydroxyl groups is 1. The number of nitriles is 1. The third-order valence-electron chi connectivity index (χ3n) is 7.49. The van der Waals surface area contributed by atoms with Gasteiger partial charge in [0.15, 0.2) is 0 Å². The number of H-pyrrole nitrogens is 1. The van der Waals surface area contributed by atoms with Gasteiger partial charge in [-0.3, -0.25) is 14.5 Å². The van der Waals surface area contributed by atoms with Gasteiger partial charge in [0.25, 0.3) is 11.5 Å². The summed E-state index contributed by atoms with van der Waals surface area (Å²) in [4.78, 5) is 46.8. The Bertz CT molecular complexity index is 1740. The van der Waals surface area contributed by atoms with Gasteiger partial charge in [0, 0.05) is 36.0 Å². The molecule has 2 aliphatic heterocycles. The van der Waals surface area contributed by atoms with Crippen molar-refractivity contribution in [1.29, 1.82) is 5.26 Å². The van der Waals surface area contributed by atoms with Crippen LogP contribution in [-0.2, 0) is 11.9 Å². The number of hydrogen-bond acceptors (Lipinski definition) is 6. The lowest BCUT2D eigenvalue weighted by Gasteiger charge is -2.35. The first-order chi connectivity index (χ1) is 20.8. The van der Waals surface area contributed by atoms with Gasteiger partial charge in [0.05, 0.1) is 34.3 Å². The summed E-state index contributed by atoms with van der Waals surface area (Å²) in [5, 5.41) is 17.0. The molecule has 3 amide bonds. The first-order valence-corrected chi connectivity index (χ1v) is 15.4. The molecule has 44 heavy (non-hydrogen) atoms. The fourth-order valence-corrected chi connectivity index (χ4v) is 7.13. The summed E-state index contributed by atoms with van der Waals surface area (Å²) >= 11 is 18.6. The van der Waals surface area contributed by atoms with Gasteiger partial charge in [-0.15, -0.1) is 0 Å². The molecule has 1 aromatic heterocycles. The summed E-state index contributed by atoms with van der Waals surface area (Å²) in [7, 11) is 0. The maximum absolute atomic E-state index is 14.1. The van der Waals surface area contributed by atoms with E-state index in [1.807, 2.05) is 18.0 Å². The Kier molecular flexibility index (Phi) is 9.05. The zero-order chi connectivity index (χ0) is 31.9. The second kappa shape index (κ2) is 12.5. The topological polar surface area (TPSA) is 121 Å². The van der Waals surface area contributed by atoms with E-state index in [9.17, 15) is 33.5 Å². The zero-order valence-electron chi connectivity index (χ0n) is 23.0. The monoisotopic (exact) mass is 681 g/mol. The lowest BCUT2D eigenvalue weighted by atomic mass is 10.0. The predicted molar refractivity (Wildman–Crippen MR) is 163 cm³/mol. The number of carbonyl (C=O) groups excluding carboxylic acids is 2. The number of amides is 3. The van der Waals surface area contributed by atoms with E-state index < -0.39 is 34.1 Å². The molecule has 9 nitrogen and oxygen atoms in total. The van der Waals surface area contributed by atoms with Crippen molar-refractivity contribution >= 4 is 64.2 Å². The van der Waals surface area contributed by atoms with Gasteiger partial charge in [0.2, 0.25) is 0 Å². The number of halogens is 5. The van der Waals surface area contributed by atoms with Crippen LogP contribution in [0.4, 0.5) is 19.3 Å². The highest BCUT2D eigenvalue weighted by atomic mass is 35.5. The van der Waals surface area contributed by atoms with Crippen LogP contribution in [-0.4, -0.2) is 51.5 Å². The van der Waals surface area contributed by atoms with E-state index in [0.717, 1.165) is 17.8 Å². The molecule has 1 saturated heterocycles. The number of aromatic nitrogens is 1. The molecule has 1 fully saturated rings. The van der Waals surface area contributed by atoms with E-state index in [2.05, 4.69) is 0 Å². The van der Waals surface area contributed by atoms with Crippen LogP contribution in [0.1, 0.15) is 53.0 Å². The van der Waals surface area contributed by atoms with Gasteiger partial charge in [-0.05, 0) is 66.4 Å².